The van der Waals surface area contributed by atoms with Crippen LogP contribution in [0.15, 0.2) is 16.9 Å². The summed E-state index contributed by atoms with van der Waals surface area (Å²) in [6.45, 7) is 4.77. The molecule has 2 heterocycles. The molecule has 1 N–H and O–H groups in total. The average Bonchev–Trinajstić information content (AvgIpc) is 2.75. The van der Waals surface area contributed by atoms with Gasteiger partial charge in [-0.1, -0.05) is 25.4 Å². The number of nitrogens with one attached hydrogen (secondary N) is 1. The molecule has 0 aliphatic rings. The van der Waals surface area contributed by atoms with Crippen LogP contribution in [0.5, 0.6) is 0 Å². The van der Waals surface area contributed by atoms with Gasteiger partial charge in [0.1, 0.15) is 0 Å². The first-order valence-electron chi connectivity index (χ1n) is 4.99. The molecule has 0 unspecified atom stereocenters. The lowest BCUT2D eigenvalue weighted by Gasteiger charge is -2.06. The molecule has 0 aromatic carbocycles. The fraction of sp³-hybridized carbons (Fsp3) is 0.400. The van der Waals surface area contributed by atoms with Gasteiger partial charge in [0.2, 0.25) is 0 Å². The van der Waals surface area contributed by atoms with E-state index in [9.17, 15) is 4.79 Å². The van der Waals surface area contributed by atoms with Crippen LogP contribution in [-0.4, -0.2) is 14.8 Å². The van der Waals surface area contributed by atoms with Gasteiger partial charge in [-0.2, -0.15) is 5.10 Å². The Bertz CT molecular complexity index is 540. The Morgan fingerprint density at radius 1 is 1.56 bits per heavy atom. The van der Waals surface area contributed by atoms with Crippen molar-refractivity contribution in [2.75, 3.05) is 0 Å². The van der Waals surface area contributed by atoms with Crippen molar-refractivity contribution in [2.45, 2.75) is 20.4 Å². The van der Waals surface area contributed by atoms with E-state index in [4.69, 9.17) is 11.6 Å². The van der Waals surface area contributed by atoms with Crippen LogP contribution < -0.4 is 5.69 Å². The molecule has 4 nitrogen and oxygen atoms in total. The van der Waals surface area contributed by atoms with Gasteiger partial charge in [-0.15, -0.1) is 11.3 Å². The fourth-order valence-corrected chi connectivity index (χ4v) is 2.52. The summed E-state index contributed by atoms with van der Waals surface area (Å²) in [5.41, 5.74) is -0.173. The SMILES string of the molecule is CC(C)Cn1c(-c2ccc(Cl)s2)n[nH]c1=O. The average molecular weight is 258 g/mol. The summed E-state index contributed by atoms with van der Waals surface area (Å²) in [6.07, 6.45) is 0. The highest BCUT2D eigenvalue weighted by molar-refractivity contribution is 7.19. The molecule has 0 atom stereocenters. The molecule has 16 heavy (non-hydrogen) atoms. The Morgan fingerprint density at radius 2 is 2.31 bits per heavy atom. The van der Waals surface area contributed by atoms with Gasteiger partial charge in [0, 0.05) is 6.54 Å². The van der Waals surface area contributed by atoms with E-state index in [1.165, 1.54) is 11.3 Å². The van der Waals surface area contributed by atoms with Crippen LogP contribution in [0.3, 0.4) is 0 Å². The predicted molar refractivity (Wildman–Crippen MR) is 66.0 cm³/mol. The molecule has 2 aromatic heterocycles. The normalized spacial score (nSPS) is 11.2. The maximum Gasteiger partial charge on any atom is 0.343 e. The van der Waals surface area contributed by atoms with Crippen molar-refractivity contribution in [3.05, 3.63) is 27.0 Å². The third kappa shape index (κ3) is 2.20. The van der Waals surface area contributed by atoms with E-state index in [2.05, 4.69) is 24.0 Å². The molecule has 2 rings (SSSR count). The minimum absolute atomic E-state index is 0.173. The molecule has 0 radical (unpaired) electrons. The monoisotopic (exact) mass is 257 g/mol. The number of H-pyrrole nitrogens is 1. The number of hydrogen-bond acceptors (Lipinski definition) is 3. The van der Waals surface area contributed by atoms with Crippen LogP contribution in [0.1, 0.15) is 13.8 Å². The number of aromatic amines is 1. The quantitative estimate of drug-likeness (QED) is 0.919. The molecule has 0 saturated heterocycles. The third-order valence-electron chi connectivity index (χ3n) is 2.10. The van der Waals surface area contributed by atoms with Crippen LogP contribution in [0, 0.1) is 5.92 Å². The fourth-order valence-electron chi connectivity index (χ4n) is 1.47. The van der Waals surface area contributed by atoms with Crippen molar-refractivity contribution in [1.82, 2.24) is 14.8 Å². The van der Waals surface area contributed by atoms with E-state index >= 15 is 0 Å². The highest BCUT2D eigenvalue weighted by atomic mass is 35.5. The summed E-state index contributed by atoms with van der Waals surface area (Å²) in [4.78, 5) is 12.5. The van der Waals surface area contributed by atoms with Crippen molar-refractivity contribution in [3.8, 4) is 10.7 Å². The number of rotatable bonds is 3. The van der Waals surface area contributed by atoms with E-state index in [1.54, 1.807) is 10.6 Å². The van der Waals surface area contributed by atoms with Crippen molar-refractivity contribution in [1.29, 1.82) is 0 Å². The molecule has 86 valence electrons. The maximum absolute atomic E-state index is 11.6. The molecular weight excluding hydrogens is 246 g/mol. The smallest absolute Gasteiger partial charge is 0.274 e. The zero-order chi connectivity index (χ0) is 11.7. The van der Waals surface area contributed by atoms with Crippen molar-refractivity contribution in [3.63, 3.8) is 0 Å². The molecule has 6 heteroatoms. The summed E-state index contributed by atoms with van der Waals surface area (Å²) in [6, 6.07) is 3.68. The zero-order valence-electron chi connectivity index (χ0n) is 9.03. The minimum atomic E-state index is -0.173. The second-order valence-corrected chi connectivity index (χ2v) is 5.68. The number of aromatic nitrogens is 3. The topological polar surface area (TPSA) is 50.7 Å². The van der Waals surface area contributed by atoms with Gasteiger partial charge < -0.3 is 0 Å². The van der Waals surface area contributed by atoms with Gasteiger partial charge in [-0.3, -0.25) is 4.57 Å². The van der Waals surface area contributed by atoms with Gasteiger partial charge in [-0.05, 0) is 18.1 Å². The maximum atomic E-state index is 11.6. The third-order valence-corrected chi connectivity index (χ3v) is 3.33. The highest BCUT2D eigenvalue weighted by Crippen LogP contribution is 2.29. The summed E-state index contributed by atoms with van der Waals surface area (Å²) < 4.78 is 2.34. The van der Waals surface area contributed by atoms with Crippen LogP contribution in [0.2, 0.25) is 4.34 Å². The summed E-state index contributed by atoms with van der Waals surface area (Å²) in [7, 11) is 0. The molecule has 0 amide bonds. The minimum Gasteiger partial charge on any atom is -0.274 e. The Labute approximate surface area is 102 Å². The van der Waals surface area contributed by atoms with Crippen molar-refractivity contribution < 1.29 is 0 Å². The largest absolute Gasteiger partial charge is 0.343 e. The molecule has 0 saturated carbocycles. The van der Waals surface area contributed by atoms with E-state index in [-0.39, 0.29) is 5.69 Å². The molecule has 0 fully saturated rings. The zero-order valence-corrected chi connectivity index (χ0v) is 10.6. The Balaban J connectivity index is 2.45. The molecular formula is C10H12ClN3OS. The van der Waals surface area contributed by atoms with Gasteiger partial charge in [0.05, 0.1) is 9.21 Å². The first-order chi connectivity index (χ1) is 7.58. The second-order valence-electron chi connectivity index (χ2n) is 3.96. The lowest BCUT2D eigenvalue weighted by atomic mass is 10.2. The van der Waals surface area contributed by atoms with E-state index in [1.807, 2.05) is 6.07 Å². The van der Waals surface area contributed by atoms with Gasteiger partial charge >= 0.3 is 5.69 Å². The second kappa shape index (κ2) is 4.43. The predicted octanol–water partition coefficient (Wildman–Crippen LogP) is 2.61. The van der Waals surface area contributed by atoms with Crippen LogP contribution in [0.4, 0.5) is 0 Å². The van der Waals surface area contributed by atoms with Gasteiger partial charge in [0.15, 0.2) is 5.82 Å². The van der Waals surface area contributed by atoms with Crippen molar-refractivity contribution >= 4 is 22.9 Å². The summed E-state index contributed by atoms with van der Waals surface area (Å²) in [5, 5.41) is 6.50. The molecule has 0 spiro atoms. The molecule has 2 aromatic rings. The van der Waals surface area contributed by atoms with Crippen LogP contribution in [-0.2, 0) is 6.54 Å². The highest BCUT2D eigenvalue weighted by Gasteiger charge is 2.13. The first-order valence-corrected chi connectivity index (χ1v) is 6.18. The summed E-state index contributed by atoms with van der Waals surface area (Å²) in [5.74, 6) is 1.06. The Hall–Kier alpha value is -1.07. The van der Waals surface area contributed by atoms with Gasteiger partial charge in [0.25, 0.3) is 0 Å². The number of thiophene rings is 1. The molecule has 0 aliphatic heterocycles. The Kier molecular flexibility index (Phi) is 3.16. The number of halogens is 1. The van der Waals surface area contributed by atoms with E-state index in [0.29, 0.717) is 22.6 Å². The Morgan fingerprint density at radius 3 is 2.88 bits per heavy atom. The lowest BCUT2D eigenvalue weighted by molar-refractivity contribution is 0.515. The van der Waals surface area contributed by atoms with Crippen LogP contribution >= 0.6 is 22.9 Å². The van der Waals surface area contributed by atoms with Gasteiger partial charge in [-0.25, -0.2) is 9.89 Å². The van der Waals surface area contributed by atoms with E-state index < -0.39 is 0 Å². The lowest BCUT2D eigenvalue weighted by Crippen LogP contribution is -2.20. The summed E-state index contributed by atoms with van der Waals surface area (Å²) >= 11 is 7.29. The molecule has 0 bridgehead atoms. The van der Waals surface area contributed by atoms with E-state index in [0.717, 1.165) is 4.88 Å². The number of hydrogen-bond donors (Lipinski definition) is 1. The van der Waals surface area contributed by atoms with Crippen molar-refractivity contribution in [2.24, 2.45) is 5.92 Å². The molecule has 0 aliphatic carbocycles. The first kappa shape index (κ1) is 11.4. The number of nitrogens with zero attached hydrogens (tertiary/aromatic N) is 2. The standard InChI is InChI=1S/C10H12ClN3OS/c1-6(2)5-14-9(12-13-10(14)15)7-3-4-8(11)16-7/h3-4,6H,5H2,1-2H3,(H,13,15). The van der Waals surface area contributed by atoms with Crippen LogP contribution in [0.25, 0.3) is 10.7 Å².